The highest BCUT2D eigenvalue weighted by Crippen LogP contribution is 2.37. The summed E-state index contributed by atoms with van der Waals surface area (Å²) in [6, 6.07) is 13.7. The summed E-state index contributed by atoms with van der Waals surface area (Å²) in [6.45, 7) is 0. The second kappa shape index (κ2) is 3.97. The number of fused-ring (bicyclic) bond motifs is 5. The average molecular weight is 263 g/mol. The second-order valence-corrected chi connectivity index (χ2v) is 5.20. The van der Waals surface area contributed by atoms with E-state index >= 15 is 0 Å². The first-order valence-electron chi connectivity index (χ1n) is 6.70. The summed E-state index contributed by atoms with van der Waals surface area (Å²) in [5.41, 5.74) is 6.33. The lowest BCUT2D eigenvalue weighted by Gasteiger charge is -2.16. The van der Waals surface area contributed by atoms with Crippen LogP contribution in [0.1, 0.15) is 21.5 Å². The number of aromatic nitrogens is 1. The summed E-state index contributed by atoms with van der Waals surface area (Å²) in [7, 11) is 0. The molecule has 0 unspecified atom stereocenters. The first-order chi connectivity index (χ1) is 9.74. The van der Waals surface area contributed by atoms with E-state index in [-0.39, 0.29) is 0 Å². The molecule has 2 aromatic carbocycles. The van der Waals surface area contributed by atoms with Crippen LogP contribution in [-0.2, 0) is 12.8 Å². The first kappa shape index (κ1) is 11.3. The number of carboxylic acid groups (broad SMARTS) is 1. The van der Waals surface area contributed by atoms with Gasteiger partial charge in [0.25, 0.3) is 0 Å². The molecule has 0 saturated carbocycles. The number of carboxylic acids is 1. The van der Waals surface area contributed by atoms with Gasteiger partial charge < -0.3 is 10.1 Å². The van der Waals surface area contributed by atoms with Crippen LogP contribution in [0, 0.1) is 0 Å². The second-order valence-electron chi connectivity index (χ2n) is 5.20. The van der Waals surface area contributed by atoms with Gasteiger partial charge in [-0.2, -0.15) is 0 Å². The molecule has 0 spiro atoms. The molecule has 0 amide bonds. The van der Waals surface area contributed by atoms with Crippen LogP contribution in [0.4, 0.5) is 0 Å². The summed E-state index contributed by atoms with van der Waals surface area (Å²) in [4.78, 5) is 14.6. The van der Waals surface area contributed by atoms with Crippen molar-refractivity contribution in [3.8, 4) is 11.3 Å². The van der Waals surface area contributed by atoms with E-state index < -0.39 is 5.97 Å². The standard InChI is InChI=1S/C17H13NO2/c19-17(20)11-6-8-15-14(9-11)13-7-5-10-3-1-2-4-12(10)16(13)18-15/h1-4,6,8-9,18H,5,7H2,(H,19,20). The van der Waals surface area contributed by atoms with Crippen molar-refractivity contribution in [2.45, 2.75) is 12.8 Å². The molecule has 3 heteroatoms. The number of nitrogens with one attached hydrogen (secondary N) is 1. The molecular weight excluding hydrogens is 250 g/mol. The molecular formula is C17H13NO2. The van der Waals surface area contributed by atoms with Crippen LogP contribution in [0.15, 0.2) is 42.5 Å². The van der Waals surface area contributed by atoms with Gasteiger partial charge in [0.1, 0.15) is 0 Å². The minimum absolute atomic E-state index is 0.346. The van der Waals surface area contributed by atoms with Crippen molar-refractivity contribution < 1.29 is 9.90 Å². The van der Waals surface area contributed by atoms with Crippen LogP contribution in [0.25, 0.3) is 22.2 Å². The summed E-state index contributed by atoms with van der Waals surface area (Å²) in [6.07, 6.45) is 1.96. The zero-order valence-corrected chi connectivity index (χ0v) is 10.8. The van der Waals surface area contributed by atoms with E-state index in [0.29, 0.717) is 5.56 Å². The quantitative estimate of drug-likeness (QED) is 0.704. The van der Waals surface area contributed by atoms with Gasteiger partial charge in [0, 0.05) is 22.2 Å². The average Bonchev–Trinajstić information content (AvgIpc) is 2.85. The van der Waals surface area contributed by atoms with E-state index in [1.165, 1.54) is 16.7 Å². The van der Waals surface area contributed by atoms with Gasteiger partial charge in [-0.15, -0.1) is 0 Å². The third kappa shape index (κ3) is 1.50. The fourth-order valence-corrected chi connectivity index (χ4v) is 3.11. The number of benzene rings is 2. The number of aryl methyl sites for hydroxylation is 2. The monoisotopic (exact) mass is 263 g/mol. The molecule has 4 rings (SSSR count). The van der Waals surface area contributed by atoms with E-state index in [1.807, 2.05) is 12.1 Å². The molecule has 0 saturated heterocycles. The lowest BCUT2D eigenvalue weighted by Crippen LogP contribution is -2.02. The topological polar surface area (TPSA) is 53.1 Å². The Kier molecular flexibility index (Phi) is 2.24. The number of rotatable bonds is 1. The predicted octanol–water partition coefficient (Wildman–Crippen LogP) is 3.63. The van der Waals surface area contributed by atoms with Crippen molar-refractivity contribution >= 4 is 16.9 Å². The van der Waals surface area contributed by atoms with Crippen molar-refractivity contribution in [3.05, 3.63) is 59.2 Å². The normalized spacial score (nSPS) is 13.0. The van der Waals surface area contributed by atoms with Gasteiger partial charge in [0.05, 0.1) is 5.56 Å². The lowest BCUT2D eigenvalue weighted by molar-refractivity contribution is 0.0697. The fourth-order valence-electron chi connectivity index (χ4n) is 3.11. The van der Waals surface area contributed by atoms with E-state index in [0.717, 1.165) is 29.4 Å². The van der Waals surface area contributed by atoms with Crippen LogP contribution in [0.2, 0.25) is 0 Å². The van der Waals surface area contributed by atoms with Gasteiger partial charge in [-0.05, 0) is 42.2 Å². The summed E-state index contributed by atoms with van der Waals surface area (Å²) >= 11 is 0. The van der Waals surface area contributed by atoms with Crippen molar-refractivity contribution in [1.29, 1.82) is 0 Å². The summed E-state index contributed by atoms with van der Waals surface area (Å²) < 4.78 is 0. The third-order valence-electron chi connectivity index (χ3n) is 4.08. The number of hydrogen-bond acceptors (Lipinski definition) is 1. The minimum Gasteiger partial charge on any atom is -0.478 e. The number of aromatic amines is 1. The van der Waals surface area contributed by atoms with Crippen LogP contribution >= 0.6 is 0 Å². The highest BCUT2D eigenvalue weighted by atomic mass is 16.4. The van der Waals surface area contributed by atoms with E-state index in [9.17, 15) is 4.79 Å². The van der Waals surface area contributed by atoms with Crippen molar-refractivity contribution in [2.75, 3.05) is 0 Å². The Balaban J connectivity index is 2.02. The molecule has 0 atom stereocenters. The van der Waals surface area contributed by atoms with Crippen LogP contribution < -0.4 is 0 Å². The van der Waals surface area contributed by atoms with E-state index in [4.69, 9.17) is 5.11 Å². The number of aromatic carboxylic acids is 1. The molecule has 3 nitrogen and oxygen atoms in total. The molecule has 0 fully saturated rings. The molecule has 0 aliphatic heterocycles. The Bertz CT molecular complexity index is 845. The number of carbonyl (C=O) groups is 1. The van der Waals surface area contributed by atoms with Gasteiger partial charge in [0.15, 0.2) is 0 Å². The van der Waals surface area contributed by atoms with Crippen LogP contribution in [-0.4, -0.2) is 16.1 Å². The number of hydrogen-bond donors (Lipinski definition) is 2. The molecule has 2 N–H and O–H groups in total. The van der Waals surface area contributed by atoms with Crippen molar-refractivity contribution in [2.24, 2.45) is 0 Å². The number of H-pyrrole nitrogens is 1. The summed E-state index contributed by atoms with van der Waals surface area (Å²) in [5, 5.41) is 10.2. The zero-order chi connectivity index (χ0) is 13.7. The zero-order valence-electron chi connectivity index (χ0n) is 10.8. The summed E-state index contributed by atoms with van der Waals surface area (Å²) in [5.74, 6) is -0.877. The molecule has 3 aromatic rings. The molecule has 0 radical (unpaired) electrons. The van der Waals surface area contributed by atoms with Gasteiger partial charge in [-0.3, -0.25) is 0 Å². The Morgan fingerprint density at radius 2 is 1.95 bits per heavy atom. The molecule has 1 heterocycles. The lowest BCUT2D eigenvalue weighted by atomic mass is 9.89. The smallest absolute Gasteiger partial charge is 0.335 e. The Labute approximate surface area is 115 Å². The van der Waals surface area contributed by atoms with Gasteiger partial charge >= 0.3 is 5.97 Å². The SMILES string of the molecule is O=C(O)c1ccc2[nH]c3c(c2c1)CCc1ccccc1-3. The molecule has 1 aliphatic carbocycles. The fraction of sp³-hybridized carbons (Fsp3) is 0.118. The van der Waals surface area contributed by atoms with E-state index in [2.05, 4.69) is 23.2 Å². The maximum atomic E-state index is 11.1. The molecule has 0 bridgehead atoms. The van der Waals surface area contributed by atoms with Crippen LogP contribution in [0.3, 0.4) is 0 Å². The first-order valence-corrected chi connectivity index (χ1v) is 6.70. The van der Waals surface area contributed by atoms with Crippen LogP contribution in [0.5, 0.6) is 0 Å². The maximum absolute atomic E-state index is 11.1. The molecule has 1 aliphatic rings. The van der Waals surface area contributed by atoms with Crippen molar-refractivity contribution in [1.82, 2.24) is 4.98 Å². The predicted molar refractivity (Wildman–Crippen MR) is 78.1 cm³/mol. The molecule has 1 aromatic heterocycles. The highest BCUT2D eigenvalue weighted by molar-refractivity contribution is 5.98. The van der Waals surface area contributed by atoms with Gasteiger partial charge in [-0.1, -0.05) is 24.3 Å². The Morgan fingerprint density at radius 3 is 2.80 bits per heavy atom. The Hall–Kier alpha value is -2.55. The van der Waals surface area contributed by atoms with E-state index in [1.54, 1.807) is 12.1 Å². The van der Waals surface area contributed by atoms with Crippen molar-refractivity contribution in [3.63, 3.8) is 0 Å². The maximum Gasteiger partial charge on any atom is 0.335 e. The minimum atomic E-state index is -0.877. The van der Waals surface area contributed by atoms with Gasteiger partial charge in [0.2, 0.25) is 0 Å². The highest BCUT2D eigenvalue weighted by Gasteiger charge is 2.20. The third-order valence-corrected chi connectivity index (χ3v) is 4.08. The largest absolute Gasteiger partial charge is 0.478 e. The molecule has 20 heavy (non-hydrogen) atoms. The Morgan fingerprint density at radius 1 is 1.10 bits per heavy atom. The van der Waals surface area contributed by atoms with Gasteiger partial charge in [-0.25, -0.2) is 4.79 Å². The molecule has 98 valence electrons.